The van der Waals surface area contributed by atoms with Crippen LogP contribution in [0, 0.1) is 11.8 Å². The monoisotopic (exact) mass is 419 g/mol. The lowest BCUT2D eigenvalue weighted by atomic mass is 9.77. The number of likely N-dealkylation sites (tertiary alicyclic amines) is 1. The van der Waals surface area contributed by atoms with Crippen LogP contribution in [0.5, 0.6) is 11.5 Å². The van der Waals surface area contributed by atoms with Crippen molar-refractivity contribution >= 4 is 11.8 Å². The highest BCUT2D eigenvalue weighted by Crippen LogP contribution is 2.52. The number of fused-ring (bicyclic) bond motifs is 2. The quantitative estimate of drug-likeness (QED) is 0.737. The molecule has 2 amide bonds. The van der Waals surface area contributed by atoms with Gasteiger partial charge in [0.2, 0.25) is 18.6 Å². The van der Waals surface area contributed by atoms with Crippen LogP contribution in [0.4, 0.5) is 0 Å². The summed E-state index contributed by atoms with van der Waals surface area (Å²) in [4.78, 5) is 32.2. The van der Waals surface area contributed by atoms with Crippen LogP contribution < -0.4 is 14.8 Å². The van der Waals surface area contributed by atoms with Crippen LogP contribution in [-0.4, -0.2) is 46.7 Å². The number of pyridine rings is 1. The van der Waals surface area contributed by atoms with E-state index in [9.17, 15) is 9.59 Å². The zero-order valence-corrected chi connectivity index (χ0v) is 16.7. The first-order chi connectivity index (χ1) is 15.1. The zero-order chi connectivity index (χ0) is 21.0. The van der Waals surface area contributed by atoms with Gasteiger partial charge in [-0.25, -0.2) is 0 Å². The molecule has 2 bridgehead atoms. The third kappa shape index (κ3) is 2.90. The average molecular weight is 419 g/mol. The lowest BCUT2D eigenvalue weighted by molar-refractivity contribution is -0.137. The Morgan fingerprint density at radius 2 is 2.00 bits per heavy atom. The Bertz CT molecular complexity index is 1090. The highest BCUT2D eigenvalue weighted by atomic mass is 16.7. The van der Waals surface area contributed by atoms with Crippen LogP contribution in [-0.2, 0) is 27.4 Å². The minimum Gasteiger partial charge on any atom is -0.454 e. The number of ether oxygens (including phenoxy) is 3. The smallest absolute Gasteiger partial charge is 0.231 e. The summed E-state index contributed by atoms with van der Waals surface area (Å²) in [5.74, 6) is 0.163. The molecule has 1 spiro atoms. The molecule has 0 aliphatic carbocycles. The molecule has 158 valence electrons. The van der Waals surface area contributed by atoms with Crippen molar-refractivity contribution in [3.05, 3.63) is 66.0 Å². The first kappa shape index (κ1) is 18.4. The number of aromatic nitrogens is 1. The van der Waals surface area contributed by atoms with Crippen molar-refractivity contribution in [1.29, 1.82) is 0 Å². The summed E-state index contributed by atoms with van der Waals surface area (Å²) in [6, 6.07) is 9.39. The third-order valence-corrected chi connectivity index (χ3v) is 6.51. The SMILES string of the molecule is O=C(NCc1ccncc1)[C@@H]1[C@@H]2C=C[C@@]3(CN(Cc4ccc5c(c4)OCO5)C(=O)[C@@H]13)O2. The van der Waals surface area contributed by atoms with Crippen LogP contribution in [0.1, 0.15) is 11.1 Å². The largest absolute Gasteiger partial charge is 0.454 e. The standard InChI is InChI=1S/C23H21N3O5/c27-21(25-10-14-4-7-24-8-5-14)19-17-3-6-23(31-17)12-26(22(28)20(19)23)11-15-1-2-16-18(9-15)30-13-29-16/h1-9,17,19-20H,10-13H2,(H,25,27)/t17-,19+,20+,23-/m0/s1. The highest BCUT2D eigenvalue weighted by Gasteiger charge is 2.66. The maximum absolute atomic E-state index is 13.4. The molecule has 2 aromatic rings. The highest BCUT2D eigenvalue weighted by molar-refractivity contribution is 5.93. The number of nitrogens with zero attached hydrogens (tertiary/aromatic N) is 2. The number of nitrogens with one attached hydrogen (secondary N) is 1. The third-order valence-electron chi connectivity index (χ3n) is 6.51. The second-order valence-electron chi connectivity index (χ2n) is 8.36. The number of benzene rings is 1. The molecular formula is C23H21N3O5. The number of amides is 2. The Morgan fingerprint density at radius 1 is 1.16 bits per heavy atom. The fourth-order valence-corrected chi connectivity index (χ4v) is 5.08. The second-order valence-corrected chi connectivity index (χ2v) is 8.36. The minimum atomic E-state index is -0.725. The molecule has 2 fully saturated rings. The molecular weight excluding hydrogens is 398 g/mol. The number of hydrogen-bond acceptors (Lipinski definition) is 6. The van der Waals surface area contributed by atoms with E-state index in [0.29, 0.717) is 31.1 Å². The molecule has 6 rings (SSSR count). The van der Waals surface area contributed by atoms with Gasteiger partial charge in [-0.05, 0) is 35.4 Å². The van der Waals surface area contributed by atoms with E-state index in [-0.39, 0.29) is 24.7 Å². The van der Waals surface area contributed by atoms with Crippen LogP contribution in [0.3, 0.4) is 0 Å². The van der Waals surface area contributed by atoms with Gasteiger partial charge in [-0.2, -0.15) is 0 Å². The van der Waals surface area contributed by atoms with Crippen LogP contribution >= 0.6 is 0 Å². The molecule has 4 aliphatic rings. The summed E-state index contributed by atoms with van der Waals surface area (Å²) in [5.41, 5.74) is 1.18. The number of hydrogen-bond donors (Lipinski definition) is 1. The van der Waals surface area contributed by atoms with E-state index in [1.54, 1.807) is 17.3 Å². The van der Waals surface area contributed by atoms with Crippen molar-refractivity contribution in [3.8, 4) is 11.5 Å². The molecule has 2 saturated heterocycles. The average Bonchev–Trinajstić information content (AvgIpc) is 3.54. The molecule has 4 aliphatic heterocycles. The maximum Gasteiger partial charge on any atom is 0.231 e. The van der Waals surface area contributed by atoms with E-state index in [1.807, 2.05) is 42.5 Å². The van der Waals surface area contributed by atoms with Gasteiger partial charge < -0.3 is 24.4 Å². The zero-order valence-electron chi connectivity index (χ0n) is 16.7. The summed E-state index contributed by atoms with van der Waals surface area (Å²) in [7, 11) is 0. The van der Waals surface area contributed by atoms with Crippen molar-refractivity contribution in [1.82, 2.24) is 15.2 Å². The molecule has 4 atom stereocenters. The molecule has 1 aromatic carbocycles. The number of carbonyl (C=O) groups is 2. The summed E-state index contributed by atoms with van der Waals surface area (Å²) in [6.45, 7) is 1.47. The van der Waals surface area contributed by atoms with Gasteiger partial charge in [0.15, 0.2) is 11.5 Å². The van der Waals surface area contributed by atoms with Gasteiger partial charge in [0.25, 0.3) is 0 Å². The lowest BCUT2D eigenvalue weighted by Crippen LogP contribution is -2.43. The molecule has 8 nitrogen and oxygen atoms in total. The molecule has 5 heterocycles. The summed E-state index contributed by atoms with van der Waals surface area (Å²) in [5, 5.41) is 2.97. The van der Waals surface area contributed by atoms with Gasteiger partial charge in [-0.3, -0.25) is 14.6 Å². The van der Waals surface area contributed by atoms with Crippen LogP contribution in [0.2, 0.25) is 0 Å². The minimum absolute atomic E-state index is 0.0476. The molecule has 1 aromatic heterocycles. The van der Waals surface area contributed by atoms with E-state index in [1.165, 1.54) is 0 Å². The van der Waals surface area contributed by atoms with E-state index >= 15 is 0 Å². The molecule has 31 heavy (non-hydrogen) atoms. The van der Waals surface area contributed by atoms with Gasteiger partial charge in [0.05, 0.1) is 24.5 Å². The Labute approximate surface area is 178 Å². The van der Waals surface area contributed by atoms with Gasteiger partial charge in [0.1, 0.15) is 5.60 Å². The normalized spacial score (nSPS) is 29.5. The second kappa shape index (κ2) is 6.81. The summed E-state index contributed by atoms with van der Waals surface area (Å²) < 4.78 is 17.0. The summed E-state index contributed by atoms with van der Waals surface area (Å²) >= 11 is 0. The summed E-state index contributed by atoms with van der Waals surface area (Å²) in [6.07, 6.45) is 6.90. The van der Waals surface area contributed by atoms with E-state index < -0.39 is 17.4 Å². The molecule has 1 N–H and O–H groups in total. The topological polar surface area (TPSA) is 90.0 Å². The predicted molar refractivity (Wildman–Crippen MR) is 108 cm³/mol. The Kier molecular flexibility index (Phi) is 4.04. The lowest BCUT2D eigenvalue weighted by Gasteiger charge is -2.23. The fourth-order valence-electron chi connectivity index (χ4n) is 5.08. The first-order valence-electron chi connectivity index (χ1n) is 10.3. The fraction of sp³-hybridized carbons (Fsp3) is 0.348. The van der Waals surface area contributed by atoms with E-state index in [0.717, 1.165) is 11.1 Å². The van der Waals surface area contributed by atoms with Crippen molar-refractivity contribution in [2.45, 2.75) is 24.8 Å². The van der Waals surface area contributed by atoms with E-state index in [4.69, 9.17) is 14.2 Å². The first-order valence-corrected chi connectivity index (χ1v) is 10.3. The van der Waals surface area contributed by atoms with Crippen LogP contribution in [0.25, 0.3) is 0 Å². The molecule has 8 heteroatoms. The van der Waals surface area contributed by atoms with Crippen molar-refractivity contribution in [2.75, 3.05) is 13.3 Å². The maximum atomic E-state index is 13.4. The van der Waals surface area contributed by atoms with Crippen molar-refractivity contribution < 1.29 is 23.8 Å². The predicted octanol–water partition coefficient (Wildman–Crippen LogP) is 1.41. The van der Waals surface area contributed by atoms with Gasteiger partial charge in [-0.15, -0.1) is 0 Å². The molecule has 0 saturated carbocycles. The van der Waals surface area contributed by atoms with Crippen LogP contribution in [0.15, 0.2) is 54.9 Å². The van der Waals surface area contributed by atoms with Gasteiger partial charge in [0, 0.05) is 25.5 Å². The van der Waals surface area contributed by atoms with Crippen molar-refractivity contribution in [2.24, 2.45) is 11.8 Å². The Morgan fingerprint density at radius 3 is 2.87 bits per heavy atom. The molecule has 0 unspecified atom stereocenters. The van der Waals surface area contributed by atoms with Gasteiger partial charge >= 0.3 is 0 Å². The van der Waals surface area contributed by atoms with Gasteiger partial charge in [-0.1, -0.05) is 18.2 Å². The number of carbonyl (C=O) groups excluding carboxylic acids is 2. The van der Waals surface area contributed by atoms with Crippen molar-refractivity contribution in [3.63, 3.8) is 0 Å². The van der Waals surface area contributed by atoms with E-state index in [2.05, 4.69) is 10.3 Å². The Hall–Kier alpha value is -3.39. The molecule has 0 radical (unpaired) electrons. The Balaban J connectivity index is 1.19. The number of rotatable bonds is 5.